The molecule has 0 radical (unpaired) electrons. The van der Waals surface area contributed by atoms with Crippen molar-refractivity contribution in [2.45, 2.75) is 25.7 Å². The van der Waals surface area contributed by atoms with Gasteiger partial charge >= 0.3 is 5.97 Å². The van der Waals surface area contributed by atoms with Gasteiger partial charge in [0.05, 0.1) is 6.54 Å². The zero-order valence-electron chi connectivity index (χ0n) is 11.0. The molecule has 0 atom stereocenters. The molecule has 1 saturated heterocycles. The molecule has 0 bridgehead atoms. The second-order valence-electron chi connectivity index (χ2n) is 4.33. The van der Waals surface area contributed by atoms with E-state index in [0.717, 1.165) is 31.4 Å². The number of carbonyl (C=O) groups excluding carboxylic acids is 4. The van der Waals surface area contributed by atoms with E-state index < -0.39 is 15.5 Å². The summed E-state index contributed by atoms with van der Waals surface area (Å²) >= 11 is 1.34. The van der Waals surface area contributed by atoms with E-state index in [0.29, 0.717) is 19.5 Å². The van der Waals surface area contributed by atoms with Gasteiger partial charge in [-0.25, -0.2) is 4.79 Å². The van der Waals surface area contributed by atoms with Crippen molar-refractivity contribution in [3.05, 3.63) is 12.2 Å². The maximum atomic E-state index is 11.7. The van der Waals surface area contributed by atoms with Gasteiger partial charge in [0.25, 0.3) is 3.79 Å². The number of halogens is 1. The lowest BCUT2D eigenvalue weighted by molar-refractivity contribution is -0.141. The Morgan fingerprint density at radius 2 is 1.95 bits per heavy atom. The van der Waals surface area contributed by atoms with E-state index in [4.69, 9.17) is 4.74 Å². The van der Waals surface area contributed by atoms with E-state index in [2.05, 4.69) is 0 Å². The van der Waals surface area contributed by atoms with E-state index in [9.17, 15) is 19.2 Å². The molecule has 7 heteroatoms. The van der Waals surface area contributed by atoms with Crippen LogP contribution in [-0.2, 0) is 23.9 Å². The first-order chi connectivity index (χ1) is 9.50. The van der Waals surface area contributed by atoms with Crippen LogP contribution in [0.4, 0.5) is 0 Å². The van der Waals surface area contributed by atoms with Crippen molar-refractivity contribution in [1.82, 2.24) is 4.90 Å². The first-order valence-electron chi connectivity index (χ1n) is 6.37. The third-order valence-electron chi connectivity index (χ3n) is 2.84. The highest BCUT2D eigenvalue weighted by Crippen LogP contribution is 2.10. The molecule has 0 aromatic rings. The number of hydrogen-bond acceptors (Lipinski definition) is 5. The van der Waals surface area contributed by atoms with Crippen LogP contribution in [0.1, 0.15) is 25.7 Å². The molecule has 1 rings (SSSR count). The molecule has 0 N–H and O–H groups in total. The third-order valence-corrected chi connectivity index (χ3v) is 3.37. The summed E-state index contributed by atoms with van der Waals surface area (Å²) in [4.78, 5) is 46.2. The monoisotopic (exact) mass is 393 g/mol. The molecule has 1 amide bonds. The van der Waals surface area contributed by atoms with Gasteiger partial charge < -0.3 is 9.64 Å². The smallest absolute Gasteiger partial charge is 0.330 e. The van der Waals surface area contributed by atoms with Gasteiger partial charge in [0, 0.05) is 41.6 Å². The van der Waals surface area contributed by atoms with Crippen molar-refractivity contribution in [2.24, 2.45) is 0 Å². The molecule has 0 unspecified atom stereocenters. The Labute approximate surface area is 130 Å². The maximum Gasteiger partial charge on any atom is 0.330 e. The Balaban J connectivity index is 2.29. The van der Waals surface area contributed by atoms with E-state index in [1.54, 1.807) is 4.90 Å². The number of likely N-dealkylation sites (tertiary alicyclic amines) is 1. The van der Waals surface area contributed by atoms with E-state index >= 15 is 0 Å². The lowest BCUT2D eigenvalue weighted by Crippen LogP contribution is -2.33. The summed E-state index contributed by atoms with van der Waals surface area (Å²) < 4.78 is 4.21. The molecule has 20 heavy (non-hydrogen) atoms. The number of carbonyl (C=O) groups is 4. The Morgan fingerprint density at radius 1 is 1.20 bits per heavy atom. The summed E-state index contributed by atoms with van der Waals surface area (Å²) in [5.41, 5.74) is 0. The van der Waals surface area contributed by atoms with Gasteiger partial charge in [-0.1, -0.05) is 6.42 Å². The Bertz CT molecular complexity index is 432. The largest absolute Gasteiger partial charge is 0.461 e. The topological polar surface area (TPSA) is 80.8 Å². The average Bonchev–Trinajstić information content (AvgIpc) is 2.61. The van der Waals surface area contributed by atoms with Crippen LogP contribution in [0.15, 0.2) is 12.2 Å². The summed E-state index contributed by atoms with van der Waals surface area (Å²) in [5.74, 6) is -1.37. The molecule has 1 aliphatic rings. The predicted molar refractivity (Wildman–Crippen MR) is 79.2 cm³/mol. The van der Waals surface area contributed by atoms with Crippen molar-refractivity contribution >= 4 is 44.0 Å². The fourth-order valence-electron chi connectivity index (χ4n) is 1.79. The average molecular weight is 393 g/mol. The van der Waals surface area contributed by atoms with Crippen LogP contribution in [-0.4, -0.2) is 46.0 Å². The highest BCUT2D eigenvalue weighted by atomic mass is 127. The normalized spacial score (nSPS) is 16.1. The molecule has 0 spiro atoms. The summed E-state index contributed by atoms with van der Waals surface area (Å²) in [7, 11) is 0. The number of allylic oxidation sites excluding steroid dienone is 1. The Kier molecular flexibility index (Phi) is 7.42. The molecular weight excluding hydrogens is 377 g/mol. The van der Waals surface area contributed by atoms with Crippen molar-refractivity contribution in [3.8, 4) is 0 Å². The first kappa shape index (κ1) is 16.8. The van der Waals surface area contributed by atoms with Gasteiger partial charge in [0.1, 0.15) is 6.61 Å². The second kappa shape index (κ2) is 8.83. The van der Waals surface area contributed by atoms with Crippen LogP contribution in [0.3, 0.4) is 0 Å². The summed E-state index contributed by atoms with van der Waals surface area (Å²) in [6, 6.07) is 0. The molecule has 0 saturated carbocycles. The van der Waals surface area contributed by atoms with Gasteiger partial charge in [0.15, 0.2) is 0 Å². The maximum absolute atomic E-state index is 11.7. The zero-order valence-corrected chi connectivity index (χ0v) is 13.1. The van der Waals surface area contributed by atoms with Crippen LogP contribution in [0, 0.1) is 0 Å². The van der Waals surface area contributed by atoms with Crippen LogP contribution >= 0.6 is 22.6 Å². The van der Waals surface area contributed by atoms with Gasteiger partial charge in [0.2, 0.25) is 11.7 Å². The molecule has 110 valence electrons. The standard InChI is InChI=1S/C13H16INO5/c14-13(19)10(16)5-6-12(18)20-9-8-15-7-3-1-2-4-11(15)17/h5-6H,1-4,7-9H2/b6-5-. The van der Waals surface area contributed by atoms with Crippen molar-refractivity contribution in [2.75, 3.05) is 19.7 Å². The van der Waals surface area contributed by atoms with Gasteiger partial charge in [-0.3, -0.25) is 14.4 Å². The minimum absolute atomic E-state index is 0.0831. The van der Waals surface area contributed by atoms with Crippen LogP contribution in [0.25, 0.3) is 0 Å². The Morgan fingerprint density at radius 3 is 2.65 bits per heavy atom. The van der Waals surface area contributed by atoms with Crippen molar-refractivity contribution in [3.63, 3.8) is 0 Å². The number of hydrogen-bond donors (Lipinski definition) is 0. The molecular formula is C13H16INO5. The quantitative estimate of drug-likeness (QED) is 0.221. The SMILES string of the molecule is O=C(/C=C\C(=O)C(=O)I)OCCN1CCCCCC1=O. The summed E-state index contributed by atoms with van der Waals surface area (Å²) in [5, 5.41) is 0. The minimum atomic E-state index is -0.759. The molecule has 1 aliphatic heterocycles. The van der Waals surface area contributed by atoms with Gasteiger partial charge in [-0.15, -0.1) is 0 Å². The van der Waals surface area contributed by atoms with Crippen molar-refractivity contribution in [1.29, 1.82) is 0 Å². The van der Waals surface area contributed by atoms with Crippen LogP contribution in [0.5, 0.6) is 0 Å². The molecule has 0 aromatic carbocycles. The summed E-state index contributed by atoms with van der Waals surface area (Å²) in [6.07, 6.45) is 5.25. The number of nitrogens with zero attached hydrogens (tertiary/aromatic N) is 1. The highest BCUT2D eigenvalue weighted by Gasteiger charge is 2.16. The zero-order chi connectivity index (χ0) is 15.0. The highest BCUT2D eigenvalue weighted by molar-refractivity contribution is 14.1. The third kappa shape index (κ3) is 6.27. The van der Waals surface area contributed by atoms with Crippen molar-refractivity contribution < 1.29 is 23.9 Å². The number of rotatable bonds is 6. The number of esters is 1. The van der Waals surface area contributed by atoms with Crippen LogP contribution < -0.4 is 0 Å². The lowest BCUT2D eigenvalue weighted by Gasteiger charge is -2.19. The van der Waals surface area contributed by atoms with Crippen LogP contribution in [0.2, 0.25) is 0 Å². The first-order valence-corrected chi connectivity index (χ1v) is 7.45. The number of amides is 1. The lowest BCUT2D eigenvalue weighted by atomic mass is 10.2. The minimum Gasteiger partial charge on any atom is -0.461 e. The fraction of sp³-hybridized carbons (Fsp3) is 0.538. The summed E-state index contributed by atoms with van der Waals surface area (Å²) in [6.45, 7) is 1.13. The second-order valence-corrected chi connectivity index (χ2v) is 5.31. The molecule has 1 fully saturated rings. The predicted octanol–water partition coefficient (Wildman–Crippen LogP) is 1.02. The number of ether oxygens (including phenoxy) is 1. The molecule has 0 aromatic heterocycles. The van der Waals surface area contributed by atoms with Gasteiger partial charge in [-0.2, -0.15) is 0 Å². The number of ketones is 1. The molecule has 1 heterocycles. The molecule has 0 aliphatic carbocycles. The van der Waals surface area contributed by atoms with E-state index in [1.165, 1.54) is 22.6 Å². The Hall–Kier alpha value is -1.25. The fourth-order valence-corrected chi connectivity index (χ4v) is 1.97. The van der Waals surface area contributed by atoms with Gasteiger partial charge in [-0.05, 0) is 18.9 Å². The van der Waals surface area contributed by atoms with E-state index in [-0.39, 0.29) is 12.5 Å². The molecule has 6 nitrogen and oxygen atoms in total. The van der Waals surface area contributed by atoms with E-state index in [1.807, 2.05) is 0 Å².